The van der Waals surface area contributed by atoms with Crippen LogP contribution in [0.4, 0.5) is 0 Å². The van der Waals surface area contributed by atoms with Crippen molar-refractivity contribution in [2.24, 2.45) is 0 Å². The fraction of sp³-hybridized carbons (Fsp3) is 0.125. The van der Waals surface area contributed by atoms with E-state index in [4.69, 9.17) is 16.9 Å². The van der Waals surface area contributed by atoms with E-state index in [1.165, 1.54) is 0 Å². The van der Waals surface area contributed by atoms with Crippen molar-refractivity contribution in [3.8, 4) is 6.07 Å². The predicted molar refractivity (Wildman–Crippen MR) is 78.4 cm³/mol. The SMILES string of the molecule is N#CCc1ccc(C(=O)NCc2ccccc2Cl)cc1. The van der Waals surface area contributed by atoms with E-state index in [2.05, 4.69) is 11.4 Å². The lowest BCUT2D eigenvalue weighted by atomic mass is 10.1. The number of halogens is 1. The average molecular weight is 285 g/mol. The molecule has 0 fully saturated rings. The first-order chi connectivity index (χ1) is 9.70. The molecule has 100 valence electrons. The Labute approximate surface area is 122 Å². The zero-order valence-corrected chi connectivity index (χ0v) is 11.5. The summed E-state index contributed by atoms with van der Waals surface area (Å²) in [6.07, 6.45) is 0.349. The Morgan fingerprint density at radius 2 is 1.85 bits per heavy atom. The smallest absolute Gasteiger partial charge is 0.251 e. The lowest BCUT2D eigenvalue weighted by molar-refractivity contribution is 0.0951. The molecule has 0 aliphatic rings. The minimum Gasteiger partial charge on any atom is -0.348 e. The molecule has 0 aromatic heterocycles. The van der Waals surface area contributed by atoms with Gasteiger partial charge < -0.3 is 5.32 Å². The average Bonchev–Trinajstić information content (AvgIpc) is 2.47. The molecule has 20 heavy (non-hydrogen) atoms. The van der Waals surface area contributed by atoms with Crippen LogP contribution in [0, 0.1) is 11.3 Å². The zero-order chi connectivity index (χ0) is 14.4. The van der Waals surface area contributed by atoms with Gasteiger partial charge in [0.25, 0.3) is 5.91 Å². The van der Waals surface area contributed by atoms with Crippen molar-refractivity contribution in [1.29, 1.82) is 5.26 Å². The summed E-state index contributed by atoms with van der Waals surface area (Å²) in [5.74, 6) is -0.159. The quantitative estimate of drug-likeness (QED) is 0.936. The van der Waals surface area contributed by atoms with Gasteiger partial charge in [-0.05, 0) is 29.3 Å². The van der Waals surface area contributed by atoms with Gasteiger partial charge in [0, 0.05) is 17.1 Å². The number of nitrogens with zero attached hydrogens (tertiary/aromatic N) is 1. The van der Waals surface area contributed by atoms with Gasteiger partial charge in [-0.3, -0.25) is 4.79 Å². The van der Waals surface area contributed by atoms with Crippen LogP contribution in [0.25, 0.3) is 0 Å². The van der Waals surface area contributed by atoms with Crippen LogP contribution in [0.5, 0.6) is 0 Å². The van der Waals surface area contributed by atoms with Crippen molar-refractivity contribution in [3.05, 3.63) is 70.2 Å². The number of nitriles is 1. The largest absolute Gasteiger partial charge is 0.348 e. The minimum absolute atomic E-state index is 0.159. The Balaban J connectivity index is 1.98. The van der Waals surface area contributed by atoms with Crippen LogP contribution >= 0.6 is 11.6 Å². The first-order valence-corrected chi connectivity index (χ1v) is 6.56. The number of hydrogen-bond donors (Lipinski definition) is 1. The molecule has 1 N–H and O–H groups in total. The van der Waals surface area contributed by atoms with Crippen LogP contribution < -0.4 is 5.32 Å². The molecule has 2 aromatic rings. The van der Waals surface area contributed by atoms with Crippen LogP contribution in [0.2, 0.25) is 5.02 Å². The van der Waals surface area contributed by atoms with Crippen LogP contribution in [-0.4, -0.2) is 5.91 Å². The molecule has 0 saturated carbocycles. The summed E-state index contributed by atoms with van der Waals surface area (Å²) in [6.45, 7) is 0.387. The monoisotopic (exact) mass is 284 g/mol. The number of rotatable bonds is 4. The first kappa shape index (κ1) is 14.1. The standard InChI is InChI=1S/C16H13ClN2O/c17-15-4-2-1-3-14(15)11-19-16(20)13-7-5-12(6-8-13)9-10-18/h1-8H,9,11H2,(H,19,20). The van der Waals surface area contributed by atoms with Gasteiger partial charge in [-0.1, -0.05) is 41.9 Å². The topological polar surface area (TPSA) is 52.9 Å². The van der Waals surface area contributed by atoms with E-state index < -0.39 is 0 Å². The molecule has 4 heteroatoms. The first-order valence-electron chi connectivity index (χ1n) is 6.18. The second-order valence-electron chi connectivity index (χ2n) is 4.31. The fourth-order valence-corrected chi connectivity index (χ4v) is 1.99. The summed E-state index contributed by atoms with van der Waals surface area (Å²) in [5, 5.41) is 12.0. The summed E-state index contributed by atoms with van der Waals surface area (Å²) in [6, 6.07) is 16.5. The van der Waals surface area contributed by atoms with E-state index in [0.29, 0.717) is 23.6 Å². The number of benzene rings is 2. The molecule has 0 aliphatic heterocycles. The molecular weight excluding hydrogens is 272 g/mol. The maximum atomic E-state index is 12.0. The van der Waals surface area contributed by atoms with E-state index >= 15 is 0 Å². The highest BCUT2D eigenvalue weighted by atomic mass is 35.5. The van der Waals surface area contributed by atoms with Crippen molar-refractivity contribution in [1.82, 2.24) is 5.32 Å². The number of nitrogens with one attached hydrogen (secondary N) is 1. The number of carbonyl (C=O) groups is 1. The Bertz CT molecular complexity index is 644. The fourth-order valence-electron chi connectivity index (χ4n) is 1.78. The zero-order valence-electron chi connectivity index (χ0n) is 10.8. The van der Waals surface area contributed by atoms with Crippen LogP contribution in [0.3, 0.4) is 0 Å². The molecule has 0 radical (unpaired) electrons. The molecule has 2 rings (SSSR count). The van der Waals surface area contributed by atoms with Crippen LogP contribution in [0.1, 0.15) is 21.5 Å². The van der Waals surface area contributed by atoms with Crippen molar-refractivity contribution >= 4 is 17.5 Å². The van der Waals surface area contributed by atoms with Gasteiger partial charge in [0.15, 0.2) is 0 Å². The Hall–Kier alpha value is -2.31. The molecule has 1 amide bonds. The molecule has 0 atom stereocenters. The van der Waals surface area contributed by atoms with Crippen LogP contribution in [0.15, 0.2) is 48.5 Å². The van der Waals surface area contributed by atoms with Gasteiger partial charge in [-0.2, -0.15) is 5.26 Å². The summed E-state index contributed by atoms with van der Waals surface area (Å²) in [7, 11) is 0. The second kappa shape index (κ2) is 6.74. The molecular formula is C16H13ClN2O. The van der Waals surface area contributed by atoms with Gasteiger partial charge in [0.1, 0.15) is 0 Å². The maximum Gasteiger partial charge on any atom is 0.251 e. The van der Waals surface area contributed by atoms with Crippen LogP contribution in [-0.2, 0) is 13.0 Å². The van der Waals surface area contributed by atoms with Crippen molar-refractivity contribution in [2.45, 2.75) is 13.0 Å². The van der Waals surface area contributed by atoms with E-state index in [1.807, 2.05) is 18.2 Å². The van der Waals surface area contributed by atoms with E-state index in [1.54, 1.807) is 30.3 Å². The maximum absolute atomic E-state index is 12.0. The Kier molecular flexibility index (Phi) is 4.75. The third kappa shape index (κ3) is 3.59. The Morgan fingerprint density at radius 3 is 2.50 bits per heavy atom. The summed E-state index contributed by atoms with van der Waals surface area (Å²) in [4.78, 5) is 12.0. The number of hydrogen-bond acceptors (Lipinski definition) is 2. The van der Waals surface area contributed by atoms with Crippen molar-refractivity contribution < 1.29 is 4.79 Å². The predicted octanol–water partition coefficient (Wildman–Crippen LogP) is 3.34. The molecule has 2 aromatic carbocycles. The second-order valence-corrected chi connectivity index (χ2v) is 4.71. The normalized spacial score (nSPS) is 9.80. The molecule has 0 aliphatic carbocycles. The van der Waals surface area contributed by atoms with Gasteiger partial charge in [0.05, 0.1) is 12.5 Å². The van der Waals surface area contributed by atoms with E-state index in [-0.39, 0.29) is 5.91 Å². The molecule has 3 nitrogen and oxygen atoms in total. The lowest BCUT2D eigenvalue weighted by Crippen LogP contribution is -2.22. The van der Waals surface area contributed by atoms with Crippen molar-refractivity contribution in [3.63, 3.8) is 0 Å². The van der Waals surface area contributed by atoms with Gasteiger partial charge in [0.2, 0.25) is 0 Å². The summed E-state index contributed by atoms with van der Waals surface area (Å²) >= 11 is 6.03. The van der Waals surface area contributed by atoms with Gasteiger partial charge in [-0.25, -0.2) is 0 Å². The molecule has 0 heterocycles. The molecule has 0 bridgehead atoms. The van der Waals surface area contributed by atoms with E-state index in [9.17, 15) is 4.79 Å². The highest BCUT2D eigenvalue weighted by molar-refractivity contribution is 6.31. The summed E-state index contributed by atoms with van der Waals surface area (Å²) in [5.41, 5.74) is 2.34. The van der Waals surface area contributed by atoms with Crippen molar-refractivity contribution in [2.75, 3.05) is 0 Å². The highest BCUT2D eigenvalue weighted by Gasteiger charge is 2.06. The Morgan fingerprint density at radius 1 is 1.15 bits per heavy atom. The van der Waals surface area contributed by atoms with Gasteiger partial charge >= 0.3 is 0 Å². The third-order valence-electron chi connectivity index (χ3n) is 2.90. The molecule has 0 spiro atoms. The summed E-state index contributed by atoms with van der Waals surface area (Å²) < 4.78 is 0. The lowest BCUT2D eigenvalue weighted by Gasteiger charge is -2.07. The molecule has 0 saturated heterocycles. The van der Waals surface area contributed by atoms with E-state index in [0.717, 1.165) is 11.1 Å². The molecule has 0 unspecified atom stereocenters. The third-order valence-corrected chi connectivity index (χ3v) is 3.27. The number of amides is 1. The minimum atomic E-state index is -0.159. The highest BCUT2D eigenvalue weighted by Crippen LogP contribution is 2.14. The number of carbonyl (C=O) groups excluding carboxylic acids is 1. The van der Waals surface area contributed by atoms with Gasteiger partial charge in [-0.15, -0.1) is 0 Å².